The van der Waals surface area contributed by atoms with E-state index in [0.29, 0.717) is 37.7 Å². The highest BCUT2D eigenvalue weighted by Gasteiger charge is 2.35. The average Bonchev–Trinajstić information content (AvgIpc) is 3.36. The maximum Gasteiger partial charge on any atom is 0.265 e. The molecule has 0 spiro atoms. The van der Waals surface area contributed by atoms with Gasteiger partial charge in [0, 0.05) is 30.9 Å². The third-order valence-corrected chi connectivity index (χ3v) is 5.68. The van der Waals surface area contributed by atoms with Crippen molar-refractivity contribution < 1.29 is 19.1 Å². The molecule has 8 nitrogen and oxygen atoms in total. The molecule has 1 atom stereocenters. The van der Waals surface area contributed by atoms with Gasteiger partial charge in [-0.3, -0.25) is 9.59 Å². The van der Waals surface area contributed by atoms with Gasteiger partial charge in [0.15, 0.2) is 6.10 Å². The quantitative estimate of drug-likeness (QED) is 0.578. The van der Waals surface area contributed by atoms with Crippen LogP contribution in [0.4, 0.5) is 5.69 Å². The summed E-state index contributed by atoms with van der Waals surface area (Å²) in [5.74, 6) is 0.172. The van der Waals surface area contributed by atoms with E-state index in [1.54, 1.807) is 32.8 Å². The molecule has 1 saturated heterocycles. The second kappa shape index (κ2) is 9.30. The topological polar surface area (TPSA) is 76.9 Å². The first-order valence-corrected chi connectivity index (χ1v) is 10.9. The lowest BCUT2D eigenvalue weighted by atomic mass is 10.1. The molecule has 0 aliphatic carbocycles. The maximum absolute atomic E-state index is 13.2. The SMILES string of the molecule is O=C(C1CN(C(=O)C=Cc2cnn(-c3ccccc3)c2)c2ccccc2O1)N1CCOCC1. The highest BCUT2D eigenvalue weighted by Crippen LogP contribution is 2.34. The van der Waals surface area contributed by atoms with Gasteiger partial charge < -0.3 is 19.3 Å². The molecule has 2 amide bonds. The summed E-state index contributed by atoms with van der Waals surface area (Å²) in [6.07, 6.45) is 6.04. The van der Waals surface area contributed by atoms with Gasteiger partial charge in [-0.1, -0.05) is 30.3 Å². The van der Waals surface area contributed by atoms with Crippen molar-refractivity contribution in [2.45, 2.75) is 6.10 Å². The van der Waals surface area contributed by atoms with Crippen LogP contribution >= 0.6 is 0 Å². The van der Waals surface area contributed by atoms with Crippen molar-refractivity contribution in [1.82, 2.24) is 14.7 Å². The molecule has 2 aliphatic rings. The van der Waals surface area contributed by atoms with E-state index in [0.717, 1.165) is 11.3 Å². The normalized spacial score (nSPS) is 18.1. The van der Waals surface area contributed by atoms with Crippen LogP contribution in [0, 0.1) is 0 Å². The number of morpholine rings is 1. The Balaban J connectivity index is 1.34. The molecule has 0 bridgehead atoms. The Kier molecular flexibility index (Phi) is 5.91. The van der Waals surface area contributed by atoms with Crippen LogP contribution in [-0.2, 0) is 14.3 Å². The lowest BCUT2D eigenvalue weighted by molar-refractivity contribution is -0.142. The van der Waals surface area contributed by atoms with Gasteiger partial charge in [-0.15, -0.1) is 0 Å². The summed E-state index contributed by atoms with van der Waals surface area (Å²) in [6.45, 7) is 2.23. The molecular weight excluding hydrogens is 420 g/mol. The van der Waals surface area contributed by atoms with E-state index in [1.165, 1.54) is 6.08 Å². The number of hydrogen-bond acceptors (Lipinski definition) is 5. The van der Waals surface area contributed by atoms with Crippen LogP contribution in [0.25, 0.3) is 11.8 Å². The highest BCUT2D eigenvalue weighted by molar-refractivity contribution is 6.05. The number of carbonyl (C=O) groups excluding carboxylic acids is 2. The molecule has 1 aromatic heterocycles. The molecule has 2 aromatic carbocycles. The van der Waals surface area contributed by atoms with Crippen molar-refractivity contribution in [2.24, 2.45) is 0 Å². The van der Waals surface area contributed by atoms with E-state index in [9.17, 15) is 9.59 Å². The maximum atomic E-state index is 13.2. The number of benzene rings is 2. The van der Waals surface area contributed by atoms with Crippen molar-refractivity contribution >= 4 is 23.6 Å². The predicted molar refractivity (Wildman–Crippen MR) is 123 cm³/mol. The number of nitrogens with zero attached hydrogens (tertiary/aromatic N) is 4. The number of rotatable bonds is 4. The fourth-order valence-corrected chi connectivity index (χ4v) is 3.96. The van der Waals surface area contributed by atoms with Crippen LogP contribution in [-0.4, -0.2) is 65.4 Å². The molecule has 8 heteroatoms. The average molecular weight is 444 g/mol. The Hall–Kier alpha value is -3.91. The lowest BCUT2D eigenvalue weighted by Crippen LogP contribution is -2.53. The van der Waals surface area contributed by atoms with Gasteiger partial charge in [-0.05, 0) is 30.3 Å². The molecule has 2 aliphatic heterocycles. The molecule has 0 saturated carbocycles. The first kappa shape index (κ1) is 21.0. The first-order chi connectivity index (χ1) is 16.2. The molecule has 0 radical (unpaired) electrons. The largest absolute Gasteiger partial charge is 0.476 e. The minimum absolute atomic E-state index is 0.126. The molecular formula is C25H24N4O4. The molecule has 1 fully saturated rings. The van der Waals surface area contributed by atoms with E-state index in [-0.39, 0.29) is 18.4 Å². The molecule has 168 valence electrons. The van der Waals surface area contributed by atoms with Crippen molar-refractivity contribution in [3.05, 3.63) is 78.6 Å². The zero-order chi connectivity index (χ0) is 22.6. The lowest BCUT2D eigenvalue weighted by Gasteiger charge is -2.37. The highest BCUT2D eigenvalue weighted by atomic mass is 16.5. The minimum Gasteiger partial charge on any atom is -0.476 e. The summed E-state index contributed by atoms with van der Waals surface area (Å²) >= 11 is 0. The van der Waals surface area contributed by atoms with Gasteiger partial charge in [0.25, 0.3) is 11.8 Å². The number of carbonyl (C=O) groups is 2. The molecule has 1 unspecified atom stereocenters. The van der Waals surface area contributed by atoms with Gasteiger partial charge >= 0.3 is 0 Å². The van der Waals surface area contributed by atoms with E-state index < -0.39 is 6.10 Å². The van der Waals surface area contributed by atoms with Gasteiger partial charge in [0.2, 0.25) is 0 Å². The van der Waals surface area contributed by atoms with Crippen molar-refractivity contribution in [3.63, 3.8) is 0 Å². The smallest absolute Gasteiger partial charge is 0.265 e. The number of ether oxygens (including phenoxy) is 2. The van der Waals surface area contributed by atoms with Crippen molar-refractivity contribution in [1.29, 1.82) is 0 Å². The molecule has 33 heavy (non-hydrogen) atoms. The molecule has 0 N–H and O–H groups in total. The standard InChI is InChI=1S/C25H24N4O4/c30-24(11-10-19-16-26-29(17-19)20-6-2-1-3-7-20)28-18-23(25(31)27-12-14-32-15-13-27)33-22-9-5-4-8-21(22)28/h1-11,16-17,23H,12-15,18H2. The fourth-order valence-electron chi connectivity index (χ4n) is 3.96. The molecule has 5 rings (SSSR count). The number of amides is 2. The number of para-hydroxylation sites is 3. The predicted octanol–water partition coefficient (Wildman–Crippen LogP) is 2.54. The van der Waals surface area contributed by atoms with Crippen molar-refractivity contribution in [3.8, 4) is 11.4 Å². The van der Waals surface area contributed by atoms with E-state index in [1.807, 2.05) is 54.7 Å². The Bertz CT molecular complexity index is 1170. The zero-order valence-electron chi connectivity index (χ0n) is 18.0. The second-order valence-corrected chi connectivity index (χ2v) is 7.85. The summed E-state index contributed by atoms with van der Waals surface area (Å²) in [5.41, 5.74) is 2.39. The number of aromatic nitrogens is 2. The van der Waals surface area contributed by atoms with Crippen LogP contribution in [0.2, 0.25) is 0 Å². The number of hydrogen-bond donors (Lipinski definition) is 0. The summed E-state index contributed by atoms with van der Waals surface area (Å²) in [5, 5.41) is 4.36. The second-order valence-electron chi connectivity index (χ2n) is 7.85. The van der Waals surface area contributed by atoms with Gasteiger partial charge in [-0.25, -0.2) is 4.68 Å². The van der Waals surface area contributed by atoms with Crippen LogP contribution in [0.1, 0.15) is 5.56 Å². The first-order valence-electron chi connectivity index (χ1n) is 10.9. The van der Waals surface area contributed by atoms with Crippen LogP contribution in [0.15, 0.2) is 73.1 Å². The van der Waals surface area contributed by atoms with Gasteiger partial charge in [0.1, 0.15) is 5.75 Å². The van der Waals surface area contributed by atoms with Gasteiger partial charge in [-0.2, -0.15) is 5.10 Å². The van der Waals surface area contributed by atoms with Crippen LogP contribution < -0.4 is 9.64 Å². The zero-order valence-corrected chi connectivity index (χ0v) is 18.0. The summed E-state index contributed by atoms with van der Waals surface area (Å²) in [7, 11) is 0. The summed E-state index contributed by atoms with van der Waals surface area (Å²) in [6, 6.07) is 17.0. The minimum atomic E-state index is -0.754. The van der Waals surface area contributed by atoms with Gasteiger partial charge in [0.05, 0.1) is 37.3 Å². The Morgan fingerprint density at radius 2 is 1.76 bits per heavy atom. The fraction of sp³-hybridized carbons (Fsp3) is 0.240. The Morgan fingerprint density at radius 1 is 1.00 bits per heavy atom. The summed E-state index contributed by atoms with van der Waals surface area (Å²) in [4.78, 5) is 29.5. The van der Waals surface area contributed by atoms with Crippen LogP contribution in [0.5, 0.6) is 5.75 Å². The third kappa shape index (κ3) is 4.51. The van der Waals surface area contributed by atoms with Crippen LogP contribution in [0.3, 0.4) is 0 Å². The molecule has 3 heterocycles. The number of fused-ring (bicyclic) bond motifs is 1. The Labute approximate surface area is 191 Å². The summed E-state index contributed by atoms with van der Waals surface area (Å²) < 4.78 is 13.1. The van der Waals surface area contributed by atoms with E-state index in [2.05, 4.69) is 5.10 Å². The third-order valence-electron chi connectivity index (χ3n) is 5.68. The van der Waals surface area contributed by atoms with E-state index in [4.69, 9.17) is 9.47 Å². The Morgan fingerprint density at radius 3 is 2.58 bits per heavy atom. The van der Waals surface area contributed by atoms with Crippen molar-refractivity contribution in [2.75, 3.05) is 37.7 Å². The van der Waals surface area contributed by atoms with E-state index >= 15 is 0 Å². The number of anilines is 1. The molecule has 3 aromatic rings. The monoisotopic (exact) mass is 444 g/mol.